The number of fused-ring (bicyclic) bond motifs is 3. The summed E-state index contributed by atoms with van der Waals surface area (Å²) in [5.74, 6) is 0. The van der Waals surface area contributed by atoms with Gasteiger partial charge in [0.15, 0.2) is 0 Å². The normalized spacial score (nSPS) is 24.2. The summed E-state index contributed by atoms with van der Waals surface area (Å²) in [6, 6.07) is 5.07. The van der Waals surface area contributed by atoms with Crippen LogP contribution in [0.15, 0.2) is 27.9 Å². The Kier molecular flexibility index (Phi) is 4.74. The van der Waals surface area contributed by atoms with Crippen LogP contribution in [0.2, 0.25) is 0 Å². The van der Waals surface area contributed by atoms with Crippen LogP contribution in [0.1, 0.15) is 19.3 Å². The van der Waals surface area contributed by atoms with E-state index in [0.29, 0.717) is 12.1 Å². The Morgan fingerprint density at radius 2 is 1.72 bits per heavy atom. The first-order valence-corrected chi connectivity index (χ1v) is 9.75. The lowest BCUT2D eigenvalue weighted by molar-refractivity contribution is 0.334. The number of rotatable bonds is 2. The average molecular weight is 387 g/mol. The van der Waals surface area contributed by atoms with Gasteiger partial charge in [0.25, 0.3) is 0 Å². The average Bonchev–Trinajstić information content (AvgIpc) is 2.95. The Morgan fingerprint density at radius 3 is 2.48 bits per heavy atom. The van der Waals surface area contributed by atoms with Gasteiger partial charge in [-0.1, -0.05) is 0 Å². The number of sulfonamides is 1. The summed E-state index contributed by atoms with van der Waals surface area (Å²) in [4.78, 5) is 12.3. The summed E-state index contributed by atoms with van der Waals surface area (Å²) in [5, 5.41) is 3.33. The van der Waals surface area contributed by atoms with Gasteiger partial charge in [0.1, 0.15) is 0 Å². The number of nitrogens with zero attached hydrogens (tertiary/aromatic N) is 3. The van der Waals surface area contributed by atoms with Crippen molar-refractivity contribution in [2.24, 2.45) is 14.1 Å². The van der Waals surface area contributed by atoms with Crippen molar-refractivity contribution in [1.82, 2.24) is 18.8 Å². The highest BCUT2D eigenvalue weighted by atomic mass is 35.5. The second-order valence-corrected chi connectivity index (χ2v) is 8.61. The highest BCUT2D eigenvalue weighted by molar-refractivity contribution is 7.89. The highest BCUT2D eigenvalue weighted by Crippen LogP contribution is 2.34. The molecule has 2 fully saturated rings. The molecule has 4 rings (SSSR count). The van der Waals surface area contributed by atoms with Crippen molar-refractivity contribution in [2.75, 3.05) is 13.1 Å². The fourth-order valence-electron chi connectivity index (χ4n) is 4.10. The third-order valence-corrected chi connectivity index (χ3v) is 7.41. The standard InChI is InChI=1S/C16H22N4O3S.ClH/c1-18-14-6-5-13(9-15(14)19(2)16(18)21)24(22,23)20-11-3-4-12(20)10-17-8-7-11;/h5-6,9,11-12,17H,3-4,7-8,10H2,1-2H3;1H. The molecule has 1 aromatic carbocycles. The topological polar surface area (TPSA) is 76.3 Å². The Labute approximate surface area is 153 Å². The van der Waals surface area contributed by atoms with E-state index in [1.807, 2.05) is 0 Å². The molecule has 1 aromatic heterocycles. The third-order valence-electron chi connectivity index (χ3n) is 5.41. The van der Waals surface area contributed by atoms with Crippen LogP contribution in [0.5, 0.6) is 0 Å². The number of benzene rings is 1. The predicted octanol–water partition coefficient (Wildman–Crippen LogP) is 0.814. The van der Waals surface area contributed by atoms with Crippen LogP contribution in [0.3, 0.4) is 0 Å². The monoisotopic (exact) mass is 386 g/mol. The molecule has 0 spiro atoms. The SMILES string of the molecule is Cl.Cn1c(=O)n(C)c2cc(S(=O)(=O)N3C4CCNCC3CC4)ccc21. The van der Waals surface area contributed by atoms with Crippen molar-refractivity contribution in [1.29, 1.82) is 0 Å². The van der Waals surface area contributed by atoms with E-state index in [9.17, 15) is 13.2 Å². The van der Waals surface area contributed by atoms with E-state index < -0.39 is 10.0 Å². The van der Waals surface area contributed by atoms with Crippen LogP contribution in [0.4, 0.5) is 0 Å². The Hall–Kier alpha value is -1.35. The molecule has 1 N–H and O–H groups in total. The fraction of sp³-hybridized carbons (Fsp3) is 0.562. The van der Waals surface area contributed by atoms with Crippen molar-refractivity contribution in [3.8, 4) is 0 Å². The minimum atomic E-state index is -3.56. The van der Waals surface area contributed by atoms with Gasteiger partial charge < -0.3 is 5.32 Å². The molecule has 25 heavy (non-hydrogen) atoms. The molecule has 2 bridgehead atoms. The lowest BCUT2D eigenvalue weighted by Gasteiger charge is -2.26. The van der Waals surface area contributed by atoms with Crippen LogP contribution in [0.25, 0.3) is 11.0 Å². The van der Waals surface area contributed by atoms with Crippen molar-refractivity contribution >= 4 is 33.5 Å². The number of halogens is 1. The van der Waals surface area contributed by atoms with Gasteiger partial charge in [-0.2, -0.15) is 4.31 Å². The molecule has 0 aliphatic carbocycles. The van der Waals surface area contributed by atoms with Gasteiger partial charge >= 0.3 is 5.69 Å². The number of hydrogen-bond acceptors (Lipinski definition) is 4. The van der Waals surface area contributed by atoms with Crippen molar-refractivity contribution in [2.45, 2.75) is 36.2 Å². The summed E-state index contributed by atoms with van der Waals surface area (Å²) in [6.45, 7) is 1.57. The fourth-order valence-corrected chi connectivity index (χ4v) is 6.02. The Bertz CT molecular complexity index is 952. The molecule has 2 aliphatic heterocycles. The molecule has 2 aliphatic rings. The van der Waals surface area contributed by atoms with E-state index in [1.165, 1.54) is 9.13 Å². The summed E-state index contributed by atoms with van der Waals surface area (Å²) in [5.41, 5.74) is 1.23. The number of aryl methyl sites for hydroxylation is 2. The summed E-state index contributed by atoms with van der Waals surface area (Å²) >= 11 is 0. The van der Waals surface area contributed by atoms with E-state index in [0.717, 1.165) is 31.3 Å². The maximum Gasteiger partial charge on any atom is 0.328 e. The summed E-state index contributed by atoms with van der Waals surface area (Å²) < 4.78 is 31.2. The van der Waals surface area contributed by atoms with E-state index in [2.05, 4.69) is 5.32 Å². The van der Waals surface area contributed by atoms with Gasteiger partial charge in [0.2, 0.25) is 10.0 Å². The van der Waals surface area contributed by atoms with Crippen LogP contribution < -0.4 is 11.0 Å². The van der Waals surface area contributed by atoms with Crippen LogP contribution in [-0.2, 0) is 24.1 Å². The predicted molar refractivity (Wildman–Crippen MR) is 98.7 cm³/mol. The molecule has 138 valence electrons. The minimum Gasteiger partial charge on any atom is -0.315 e. The first kappa shape index (κ1) is 18.4. The molecule has 2 unspecified atom stereocenters. The molecule has 3 heterocycles. The molecular formula is C16H23ClN4O3S. The summed E-state index contributed by atoms with van der Waals surface area (Å²) in [7, 11) is -0.203. The molecule has 0 saturated carbocycles. The van der Waals surface area contributed by atoms with Crippen LogP contribution in [0, 0.1) is 0 Å². The molecule has 2 saturated heterocycles. The molecule has 0 amide bonds. The molecule has 2 aromatic rings. The first-order chi connectivity index (χ1) is 11.4. The van der Waals surface area contributed by atoms with Gasteiger partial charge in [-0.3, -0.25) is 9.13 Å². The van der Waals surface area contributed by atoms with Gasteiger partial charge in [0, 0.05) is 32.7 Å². The largest absolute Gasteiger partial charge is 0.328 e. The quantitative estimate of drug-likeness (QED) is 0.828. The van der Waals surface area contributed by atoms with Crippen molar-refractivity contribution in [3.05, 3.63) is 28.7 Å². The number of imidazole rings is 1. The second kappa shape index (κ2) is 6.42. The molecule has 2 atom stereocenters. The Balaban J connectivity index is 0.00000182. The van der Waals surface area contributed by atoms with Gasteiger partial charge in [-0.25, -0.2) is 13.2 Å². The van der Waals surface area contributed by atoms with Gasteiger partial charge in [0.05, 0.1) is 15.9 Å². The van der Waals surface area contributed by atoms with E-state index in [-0.39, 0.29) is 35.1 Å². The van der Waals surface area contributed by atoms with Crippen molar-refractivity contribution in [3.63, 3.8) is 0 Å². The van der Waals surface area contributed by atoms with Gasteiger partial charge in [-0.05, 0) is 44.0 Å². The van der Waals surface area contributed by atoms with Gasteiger partial charge in [-0.15, -0.1) is 12.4 Å². The van der Waals surface area contributed by atoms with E-state index >= 15 is 0 Å². The second-order valence-electron chi connectivity index (χ2n) is 6.76. The van der Waals surface area contributed by atoms with E-state index in [4.69, 9.17) is 0 Å². The zero-order valence-corrected chi connectivity index (χ0v) is 15.9. The van der Waals surface area contributed by atoms with Crippen LogP contribution >= 0.6 is 12.4 Å². The first-order valence-electron chi connectivity index (χ1n) is 8.31. The lowest BCUT2D eigenvalue weighted by atomic mass is 10.1. The maximum atomic E-state index is 13.3. The molecule has 0 radical (unpaired) electrons. The smallest absolute Gasteiger partial charge is 0.315 e. The highest BCUT2D eigenvalue weighted by Gasteiger charge is 2.43. The van der Waals surface area contributed by atoms with E-state index in [1.54, 1.807) is 36.6 Å². The van der Waals surface area contributed by atoms with Crippen molar-refractivity contribution < 1.29 is 8.42 Å². The minimum absolute atomic E-state index is 0. The zero-order chi connectivity index (χ0) is 17.1. The van der Waals surface area contributed by atoms with Crippen LogP contribution in [-0.4, -0.2) is 47.0 Å². The molecule has 7 nitrogen and oxygen atoms in total. The summed E-state index contributed by atoms with van der Waals surface area (Å²) in [6.07, 6.45) is 2.68. The molecular weight excluding hydrogens is 364 g/mol. The lowest BCUT2D eigenvalue weighted by Crippen LogP contribution is -2.42. The Morgan fingerprint density at radius 1 is 1.04 bits per heavy atom. The number of nitrogens with one attached hydrogen (secondary N) is 1. The maximum absolute atomic E-state index is 13.3. The number of aromatic nitrogens is 2. The number of hydrogen-bond donors (Lipinski definition) is 1. The third kappa shape index (κ3) is 2.71. The zero-order valence-electron chi connectivity index (χ0n) is 14.3. The molecule has 9 heteroatoms.